The Morgan fingerprint density at radius 1 is 1.29 bits per heavy atom. The molecule has 0 atom stereocenters. The molecule has 1 aliphatic rings. The van der Waals surface area contributed by atoms with Crippen molar-refractivity contribution in [3.05, 3.63) is 57.4 Å². The van der Waals surface area contributed by atoms with E-state index in [0.29, 0.717) is 26.9 Å². The van der Waals surface area contributed by atoms with Crippen LogP contribution in [-0.4, -0.2) is 33.7 Å². The van der Waals surface area contributed by atoms with E-state index in [0.717, 1.165) is 11.3 Å². The Bertz CT molecular complexity index is 942. The molecule has 0 bridgehead atoms. The summed E-state index contributed by atoms with van der Waals surface area (Å²) < 4.78 is 5.99. The van der Waals surface area contributed by atoms with Crippen LogP contribution in [0.4, 0.5) is 5.69 Å². The average molecular weight is 461 g/mol. The molecule has 1 fully saturated rings. The Morgan fingerprint density at radius 3 is 2.64 bits per heavy atom. The van der Waals surface area contributed by atoms with Crippen molar-refractivity contribution in [2.24, 2.45) is 4.99 Å². The van der Waals surface area contributed by atoms with Crippen LogP contribution in [0, 0.1) is 0 Å². The van der Waals surface area contributed by atoms with Crippen LogP contribution in [0.25, 0.3) is 6.08 Å². The van der Waals surface area contributed by atoms with Gasteiger partial charge in [0.2, 0.25) is 0 Å². The first kappa shape index (κ1) is 20.5. The largest absolute Gasteiger partial charge is 0.503 e. The van der Waals surface area contributed by atoms with Gasteiger partial charge in [-0.15, -0.1) is 0 Å². The highest BCUT2D eigenvalue weighted by molar-refractivity contribution is 9.10. The van der Waals surface area contributed by atoms with Crippen molar-refractivity contribution in [3.8, 4) is 11.5 Å². The molecule has 0 spiro atoms. The third kappa shape index (κ3) is 4.42. The summed E-state index contributed by atoms with van der Waals surface area (Å²) in [6.07, 6.45) is 1.79. The highest BCUT2D eigenvalue weighted by atomic mass is 79.9. The summed E-state index contributed by atoms with van der Waals surface area (Å²) in [5.74, 6) is 0.333. The van der Waals surface area contributed by atoms with Crippen molar-refractivity contribution < 1.29 is 14.6 Å². The lowest BCUT2D eigenvalue weighted by Crippen LogP contribution is -2.35. The van der Waals surface area contributed by atoms with Crippen molar-refractivity contribution in [2.45, 2.75) is 26.8 Å². The van der Waals surface area contributed by atoms with Crippen LogP contribution >= 0.6 is 27.7 Å². The minimum Gasteiger partial charge on any atom is -0.503 e. The lowest BCUT2D eigenvalue weighted by molar-refractivity contribution is -0.123. The number of thioether (sulfide) groups is 1. The molecule has 1 aliphatic heterocycles. The van der Waals surface area contributed by atoms with E-state index >= 15 is 0 Å². The summed E-state index contributed by atoms with van der Waals surface area (Å²) in [5.41, 5.74) is 1.56. The predicted molar refractivity (Wildman–Crippen MR) is 118 cm³/mol. The van der Waals surface area contributed by atoms with Crippen molar-refractivity contribution in [3.63, 3.8) is 0 Å². The van der Waals surface area contributed by atoms with Crippen LogP contribution < -0.4 is 4.74 Å². The Balaban J connectivity index is 1.99. The Labute approximate surface area is 177 Å². The van der Waals surface area contributed by atoms with E-state index in [1.54, 1.807) is 23.1 Å². The molecule has 0 saturated carbocycles. The van der Waals surface area contributed by atoms with Crippen LogP contribution in [0.1, 0.15) is 26.3 Å². The first-order chi connectivity index (χ1) is 13.4. The van der Waals surface area contributed by atoms with E-state index < -0.39 is 0 Å². The molecular weight excluding hydrogens is 440 g/mol. The number of aromatic hydroxyl groups is 1. The van der Waals surface area contributed by atoms with Crippen LogP contribution in [0.15, 0.2) is 56.8 Å². The maximum atomic E-state index is 13.0. The molecule has 1 saturated heterocycles. The van der Waals surface area contributed by atoms with Gasteiger partial charge in [0.25, 0.3) is 5.91 Å². The van der Waals surface area contributed by atoms with Crippen molar-refractivity contribution in [1.29, 1.82) is 0 Å². The number of nitrogens with zero attached hydrogens (tertiary/aromatic N) is 2. The normalized spacial score (nSPS) is 17.2. The quantitative estimate of drug-likeness (QED) is 0.592. The smallest absolute Gasteiger partial charge is 0.266 e. The van der Waals surface area contributed by atoms with Gasteiger partial charge in [0.15, 0.2) is 16.7 Å². The van der Waals surface area contributed by atoms with Gasteiger partial charge in [-0.3, -0.25) is 9.69 Å². The van der Waals surface area contributed by atoms with Gasteiger partial charge in [-0.25, -0.2) is 4.99 Å². The van der Waals surface area contributed by atoms with E-state index in [-0.39, 0.29) is 17.7 Å². The van der Waals surface area contributed by atoms with Gasteiger partial charge >= 0.3 is 0 Å². The number of amides is 1. The number of aliphatic imine (C=N–C) groups is 1. The zero-order valence-corrected chi connectivity index (χ0v) is 18.3. The Kier molecular flexibility index (Phi) is 6.46. The average Bonchev–Trinajstić information content (AvgIpc) is 2.95. The number of halogens is 1. The number of phenols is 1. The summed E-state index contributed by atoms with van der Waals surface area (Å²) in [6.45, 7) is 6.21. The number of hydrogen-bond acceptors (Lipinski definition) is 5. The Morgan fingerprint density at radius 2 is 2.00 bits per heavy atom. The summed E-state index contributed by atoms with van der Waals surface area (Å²) in [6, 6.07) is 13.0. The van der Waals surface area contributed by atoms with E-state index in [1.807, 2.05) is 51.1 Å². The lowest BCUT2D eigenvalue weighted by atomic mass is 10.2. The number of rotatable bonds is 5. The number of amidine groups is 1. The maximum absolute atomic E-state index is 13.0. The number of ether oxygens (including phenoxy) is 1. The first-order valence-electron chi connectivity index (χ1n) is 8.92. The number of carbonyl (C=O) groups is 1. The minimum atomic E-state index is -0.0863. The van der Waals surface area contributed by atoms with Gasteiger partial charge in [0.1, 0.15) is 0 Å². The van der Waals surface area contributed by atoms with Gasteiger partial charge < -0.3 is 9.84 Å². The highest BCUT2D eigenvalue weighted by Gasteiger charge is 2.35. The van der Waals surface area contributed by atoms with Crippen LogP contribution in [0.3, 0.4) is 0 Å². The fraction of sp³-hybridized carbons (Fsp3) is 0.238. The fourth-order valence-corrected chi connectivity index (χ4v) is 4.31. The number of carbonyl (C=O) groups excluding carboxylic acids is 1. The van der Waals surface area contributed by atoms with Gasteiger partial charge in [0.05, 0.1) is 21.7 Å². The molecule has 2 aromatic carbocycles. The van der Waals surface area contributed by atoms with Crippen LogP contribution in [-0.2, 0) is 4.79 Å². The van der Waals surface area contributed by atoms with Gasteiger partial charge in [-0.2, -0.15) is 0 Å². The molecule has 0 unspecified atom stereocenters. The SMILES string of the molecule is CCOc1cc(/C=C2/SC(=Nc3ccccc3)N(C(C)C)C2=O)cc(Br)c1O. The zero-order chi connectivity index (χ0) is 20.3. The van der Waals surface area contributed by atoms with E-state index in [2.05, 4.69) is 20.9 Å². The van der Waals surface area contributed by atoms with E-state index in [1.165, 1.54) is 11.8 Å². The molecule has 1 heterocycles. The standard InChI is InChI=1S/C21H21BrN2O3S/c1-4-27-17-11-14(10-16(22)19(17)25)12-18-20(26)24(13(2)3)21(28-18)23-15-8-6-5-7-9-15/h5-13,25H,4H2,1-3H3/b18-12+,23-21?. The molecule has 2 aromatic rings. The number of phenolic OH excluding ortho intramolecular Hbond substituents is 1. The molecule has 0 radical (unpaired) electrons. The molecule has 1 amide bonds. The van der Waals surface area contributed by atoms with Gasteiger partial charge in [-0.1, -0.05) is 18.2 Å². The van der Waals surface area contributed by atoms with Crippen LogP contribution in [0.2, 0.25) is 0 Å². The number of hydrogen-bond donors (Lipinski definition) is 1. The molecule has 28 heavy (non-hydrogen) atoms. The second-order valence-corrected chi connectivity index (χ2v) is 8.26. The van der Waals surface area contributed by atoms with Crippen LogP contribution in [0.5, 0.6) is 11.5 Å². The van der Waals surface area contributed by atoms with E-state index in [9.17, 15) is 9.90 Å². The minimum absolute atomic E-state index is 0.0149. The third-order valence-electron chi connectivity index (χ3n) is 3.98. The first-order valence-corrected chi connectivity index (χ1v) is 10.5. The third-order valence-corrected chi connectivity index (χ3v) is 5.57. The second kappa shape index (κ2) is 8.84. The monoisotopic (exact) mass is 460 g/mol. The fourth-order valence-electron chi connectivity index (χ4n) is 2.73. The van der Waals surface area contributed by atoms with Gasteiger partial charge in [0, 0.05) is 6.04 Å². The molecule has 3 rings (SSSR count). The number of benzene rings is 2. The number of para-hydroxylation sites is 1. The van der Waals surface area contributed by atoms with Crippen molar-refractivity contribution >= 4 is 50.5 Å². The molecule has 0 aliphatic carbocycles. The summed E-state index contributed by atoms with van der Waals surface area (Å²) >= 11 is 4.68. The Hall–Kier alpha value is -2.25. The van der Waals surface area contributed by atoms with Crippen molar-refractivity contribution in [2.75, 3.05) is 6.61 Å². The summed E-state index contributed by atoms with van der Waals surface area (Å²) in [7, 11) is 0. The lowest BCUT2D eigenvalue weighted by Gasteiger charge is -2.19. The molecule has 5 nitrogen and oxygen atoms in total. The molecule has 7 heteroatoms. The maximum Gasteiger partial charge on any atom is 0.266 e. The molecule has 0 aromatic heterocycles. The second-order valence-electron chi connectivity index (χ2n) is 6.39. The summed E-state index contributed by atoms with van der Waals surface area (Å²) in [5, 5.41) is 10.7. The molecular formula is C21H21BrN2O3S. The van der Waals surface area contributed by atoms with Crippen molar-refractivity contribution in [1.82, 2.24) is 4.90 Å². The zero-order valence-electron chi connectivity index (χ0n) is 15.8. The molecule has 146 valence electrons. The molecule has 1 N–H and O–H groups in total. The van der Waals surface area contributed by atoms with Gasteiger partial charge in [-0.05, 0) is 84.4 Å². The summed E-state index contributed by atoms with van der Waals surface area (Å²) in [4.78, 5) is 19.9. The predicted octanol–water partition coefficient (Wildman–Crippen LogP) is 5.57. The van der Waals surface area contributed by atoms with E-state index in [4.69, 9.17) is 4.74 Å². The topological polar surface area (TPSA) is 62.1 Å². The highest BCUT2D eigenvalue weighted by Crippen LogP contribution is 2.39.